The van der Waals surface area contributed by atoms with Gasteiger partial charge >= 0.3 is 0 Å². The molecule has 1 amide bonds. The summed E-state index contributed by atoms with van der Waals surface area (Å²) in [6.07, 6.45) is 1.05. The van der Waals surface area contributed by atoms with Gasteiger partial charge in [-0.15, -0.1) is 0 Å². The van der Waals surface area contributed by atoms with E-state index in [0.29, 0.717) is 37.6 Å². The normalized spacial score (nSPS) is 15.4. The topological polar surface area (TPSA) is 103 Å². The molecule has 0 unspecified atom stereocenters. The first-order valence-corrected chi connectivity index (χ1v) is 9.79. The summed E-state index contributed by atoms with van der Waals surface area (Å²) in [4.78, 5) is 14.3. The van der Waals surface area contributed by atoms with Crippen LogP contribution < -0.4 is 9.62 Å². The molecule has 1 aliphatic rings. The maximum atomic E-state index is 12.1. The number of rotatable bonds is 7. The molecule has 0 aliphatic carbocycles. The zero-order valence-electron chi connectivity index (χ0n) is 14.1. The van der Waals surface area contributed by atoms with Crippen LogP contribution in [0.3, 0.4) is 0 Å². The fourth-order valence-electron chi connectivity index (χ4n) is 2.47. The van der Waals surface area contributed by atoms with E-state index in [-0.39, 0.29) is 12.5 Å². The number of nitrogens with one attached hydrogen (secondary N) is 1. The van der Waals surface area contributed by atoms with Gasteiger partial charge in [-0.05, 0) is 24.3 Å². The van der Waals surface area contributed by atoms with E-state index in [1.165, 1.54) is 24.3 Å². The molecule has 136 valence electrons. The zero-order chi connectivity index (χ0) is 18.3. The average molecular weight is 366 g/mol. The lowest BCUT2D eigenvalue weighted by Crippen LogP contribution is -2.44. The molecular formula is C16H22N4O4S. The summed E-state index contributed by atoms with van der Waals surface area (Å²) in [6, 6.07) is 8.04. The minimum atomic E-state index is -3.62. The van der Waals surface area contributed by atoms with E-state index in [1.807, 2.05) is 6.07 Å². The van der Waals surface area contributed by atoms with E-state index >= 15 is 0 Å². The van der Waals surface area contributed by atoms with Crippen LogP contribution in [-0.2, 0) is 19.6 Å². The summed E-state index contributed by atoms with van der Waals surface area (Å²) in [6.45, 7) is 3.89. The van der Waals surface area contributed by atoms with Crippen LogP contribution in [0.4, 0.5) is 5.69 Å². The van der Waals surface area contributed by atoms with Gasteiger partial charge in [0.1, 0.15) is 6.54 Å². The SMILES string of the molecule is CS(=O)(=O)N(CC(=O)NCCN1CCOCC1)c1ccc(C#N)cc1. The number of hydrogen-bond acceptors (Lipinski definition) is 6. The van der Waals surface area contributed by atoms with Crippen LogP contribution in [0.1, 0.15) is 5.56 Å². The predicted molar refractivity (Wildman–Crippen MR) is 93.6 cm³/mol. The van der Waals surface area contributed by atoms with Crippen LogP contribution in [0, 0.1) is 11.3 Å². The van der Waals surface area contributed by atoms with Crippen molar-refractivity contribution in [2.75, 3.05) is 56.5 Å². The van der Waals surface area contributed by atoms with Crippen LogP contribution >= 0.6 is 0 Å². The van der Waals surface area contributed by atoms with E-state index in [1.54, 1.807) is 0 Å². The van der Waals surface area contributed by atoms with Gasteiger partial charge in [-0.3, -0.25) is 14.0 Å². The first-order valence-electron chi connectivity index (χ1n) is 7.95. The molecule has 1 fully saturated rings. The number of carbonyl (C=O) groups is 1. The maximum Gasteiger partial charge on any atom is 0.240 e. The van der Waals surface area contributed by atoms with E-state index in [9.17, 15) is 13.2 Å². The monoisotopic (exact) mass is 366 g/mol. The predicted octanol–water partition coefficient (Wildman–Crippen LogP) is -0.227. The Bertz CT molecular complexity index is 721. The van der Waals surface area contributed by atoms with Crippen molar-refractivity contribution in [3.05, 3.63) is 29.8 Å². The largest absolute Gasteiger partial charge is 0.379 e. The summed E-state index contributed by atoms with van der Waals surface area (Å²) < 4.78 is 30.3. The lowest BCUT2D eigenvalue weighted by molar-refractivity contribution is -0.119. The summed E-state index contributed by atoms with van der Waals surface area (Å²) in [5.74, 6) is -0.372. The molecule has 1 saturated heterocycles. The molecule has 1 aromatic carbocycles. The van der Waals surface area contributed by atoms with Gasteiger partial charge in [0.05, 0.1) is 36.8 Å². The van der Waals surface area contributed by atoms with E-state index in [2.05, 4.69) is 10.2 Å². The van der Waals surface area contributed by atoms with Crippen molar-refractivity contribution in [1.29, 1.82) is 5.26 Å². The molecule has 9 heteroatoms. The Balaban J connectivity index is 1.92. The molecule has 1 aromatic rings. The van der Waals surface area contributed by atoms with Crippen molar-refractivity contribution in [3.63, 3.8) is 0 Å². The summed E-state index contributed by atoms with van der Waals surface area (Å²) >= 11 is 0. The fraction of sp³-hybridized carbons (Fsp3) is 0.500. The number of nitrogens with zero attached hydrogens (tertiary/aromatic N) is 3. The Morgan fingerprint density at radius 3 is 2.52 bits per heavy atom. The maximum absolute atomic E-state index is 12.1. The second-order valence-electron chi connectivity index (χ2n) is 5.73. The number of benzene rings is 1. The number of amides is 1. The number of nitriles is 1. The van der Waals surface area contributed by atoms with Gasteiger partial charge in [0.25, 0.3) is 0 Å². The lowest BCUT2D eigenvalue weighted by Gasteiger charge is -2.27. The number of ether oxygens (including phenoxy) is 1. The molecule has 8 nitrogen and oxygen atoms in total. The quantitative estimate of drug-likeness (QED) is 0.715. The molecule has 0 bridgehead atoms. The Morgan fingerprint density at radius 2 is 1.96 bits per heavy atom. The molecule has 1 heterocycles. The molecule has 0 aromatic heterocycles. The smallest absolute Gasteiger partial charge is 0.240 e. The van der Waals surface area contributed by atoms with Gasteiger partial charge in [-0.2, -0.15) is 5.26 Å². The molecule has 2 rings (SSSR count). The summed E-state index contributed by atoms with van der Waals surface area (Å²) in [5, 5.41) is 11.6. The average Bonchev–Trinajstić information content (AvgIpc) is 2.60. The molecule has 1 N–H and O–H groups in total. The third-order valence-electron chi connectivity index (χ3n) is 3.83. The number of anilines is 1. The van der Waals surface area contributed by atoms with Crippen LogP contribution in [-0.4, -0.2) is 71.4 Å². The van der Waals surface area contributed by atoms with Crippen molar-refractivity contribution in [1.82, 2.24) is 10.2 Å². The van der Waals surface area contributed by atoms with Crippen LogP contribution in [0.5, 0.6) is 0 Å². The van der Waals surface area contributed by atoms with Gasteiger partial charge in [-0.1, -0.05) is 0 Å². The lowest BCUT2D eigenvalue weighted by atomic mass is 10.2. The number of hydrogen-bond donors (Lipinski definition) is 1. The van der Waals surface area contributed by atoms with E-state index in [0.717, 1.165) is 23.7 Å². The summed E-state index contributed by atoms with van der Waals surface area (Å²) in [7, 11) is -3.62. The van der Waals surface area contributed by atoms with Crippen molar-refractivity contribution in [2.45, 2.75) is 0 Å². The van der Waals surface area contributed by atoms with E-state index < -0.39 is 10.0 Å². The zero-order valence-corrected chi connectivity index (χ0v) is 15.0. The highest BCUT2D eigenvalue weighted by Gasteiger charge is 2.21. The highest BCUT2D eigenvalue weighted by molar-refractivity contribution is 7.92. The molecule has 25 heavy (non-hydrogen) atoms. The molecular weight excluding hydrogens is 344 g/mol. The summed E-state index contributed by atoms with van der Waals surface area (Å²) in [5.41, 5.74) is 0.775. The van der Waals surface area contributed by atoms with Gasteiger partial charge in [-0.25, -0.2) is 8.42 Å². The second kappa shape index (κ2) is 8.80. The third kappa shape index (κ3) is 6.01. The second-order valence-corrected chi connectivity index (χ2v) is 7.64. The van der Waals surface area contributed by atoms with Gasteiger partial charge < -0.3 is 10.1 Å². The van der Waals surface area contributed by atoms with Crippen molar-refractivity contribution in [2.24, 2.45) is 0 Å². The van der Waals surface area contributed by atoms with Crippen LogP contribution in [0.2, 0.25) is 0 Å². The van der Waals surface area contributed by atoms with E-state index in [4.69, 9.17) is 10.00 Å². The van der Waals surface area contributed by atoms with Crippen molar-refractivity contribution < 1.29 is 17.9 Å². The number of carbonyl (C=O) groups excluding carboxylic acids is 1. The third-order valence-corrected chi connectivity index (χ3v) is 4.97. The number of sulfonamides is 1. The Hall–Kier alpha value is -2.15. The first-order chi connectivity index (χ1) is 11.9. The standard InChI is InChI=1S/C16H22N4O4S/c1-25(22,23)20(15-4-2-14(12-17)3-5-15)13-16(21)18-6-7-19-8-10-24-11-9-19/h2-5H,6-11,13H2,1H3,(H,18,21). The van der Waals surface area contributed by atoms with Gasteiger partial charge in [0.15, 0.2) is 0 Å². The Labute approximate surface area is 148 Å². The minimum Gasteiger partial charge on any atom is -0.379 e. The highest BCUT2D eigenvalue weighted by atomic mass is 32.2. The molecule has 0 saturated carbocycles. The molecule has 0 atom stereocenters. The minimum absolute atomic E-state index is 0.298. The Kier molecular flexibility index (Phi) is 6.75. The number of morpholine rings is 1. The van der Waals surface area contributed by atoms with Crippen molar-refractivity contribution >= 4 is 21.6 Å². The first kappa shape index (κ1) is 19.2. The molecule has 0 spiro atoms. The highest BCUT2D eigenvalue weighted by Crippen LogP contribution is 2.17. The molecule has 1 aliphatic heterocycles. The Morgan fingerprint density at radius 1 is 1.32 bits per heavy atom. The molecule has 0 radical (unpaired) electrons. The van der Waals surface area contributed by atoms with Crippen LogP contribution in [0.25, 0.3) is 0 Å². The van der Waals surface area contributed by atoms with Gasteiger partial charge in [0, 0.05) is 26.2 Å². The van der Waals surface area contributed by atoms with Crippen molar-refractivity contribution in [3.8, 4) is 6.07 Å². The van der Waals surface area contributed by atoms with Crippen LogP contribution in [0.15, 0.2) is 24.3 Å². The van der Waals surface area contributed by atoms with Gasteiger partial charge in [0.2, 0.25) is 15.9 Å². The fourth-order valence-corrected chi connectivity index (χ4v) is 3.32.